The fourth-order valence-electron chi connectivity index (χ4n) is 2.58. The first-order valence-corrected chi connectivity index (χ1v) is 9.64. The van der Waals surface area contributed by atoms with Gasteiger partial charge < -0.3 is 16.0 Å². The Hall–Kier alpha value is -2.45. The van der Waals surface area contributed by atoms with Gasteiger partial charge in [-0.25, -0.2) is 5.90 Å². The number of rotatable bonds is 12. The number of unbranched alkanes of at least 4 members (excludes halogenated alkanes) is 2. The monoisotopic (exact) mass is 392 g/mol. The van der Waals surface area contributed by atoms with Crippen LogP contribution in [0.2, 0.25) is 0 Å². The van der Waals surface area contributed by atoms with Crippen LogP contribution in [0.25, 0.3) is 0 Å². The van der Waals surface area contributed by atoms with E-state index < -0.39 is 6.04 Å². The maximum absolute atomic E-state index is 12.4. The van der Waals surface area contributed by atoms with Crippen LogP contribution >= 0.6 is 0 Å². The SMILES string of the molecule is CCCCCC(=O)NC(C(=O)NCC(=O)Nc1ccc(CON)cc1)C(C)C. The lowest BCUT2D eigenvalue weighted by Gasteiger charge is -2.21. The highest BCUT2D eigenvalue weighted by Gasteiger charge is 2.24. The maximum atomic E-state index is 12.4. The van der Waals surface area contributed by atoms with E-state index in [0.717, 1.165) is 24.8 Å². The smallest absolute Gasteiger partial charge is 0.243 e. The Kier molecular flexibility index (Phi) is 10.8. The standard InChI is InChI=1S/C20H32N4O4/c1-4-5-6-7-17(25)24-19(14(2)3)20(27)22-12-18(26)23-16-10-8-15(9-11-16)13-28-21/h8-11,14,19H,4-7,12-13,21H2,1-3H3,(H,22,27)(H,23,26)(H,24,25). The van der Waals surface area contributed by atoms with Crippen LogP contribution in [0.1, 0.15) is 52.0 Å². The van der Waals surface area contributed by atoms with Gasteiger partial charge in [0.25, 0.3) is 0 Å². The summed E-state index contributed by atoms with van der Waals surface area (Å²) < 4.78 is 0. The first-order chi connectivity index (χ1) is 13.4. The number of hydrogen-bond acceptors (Lipinski definition) is 5. The number of nitrogens with two attached hydrogens (primary N) is 1. The van der Waals surface area contributed by atoms with Gasteiger partial charge in [0, 0.05) is 12.1 Å². The molecule has 28 heavy (non-hydrogen) atoms. The van der Waals surface area contributed by atoms with Crippen LogP contribution in [-0.4, -0.2) is 30.3 Å². The molecular weight excluding hydrogens is 360 g/mol. The van der Waals surface area contributed by atoms with E-state index in [9.17, 15) is 14.4 Å². The van der Waals surface area contributed by atoms with Gasteiger partial charge in [-0.3, -0.25) is 19.2 Å². The Labute approximate surface area is 166 Å². The molecule has 0 aliphatic heterocycles. The van der Waals surface area contributed by atoms with Crippen LogP contribution in [-0.2, 0) is 25.8 Å². The molecule has 0 bridgehead atoms. The fourth-order valence-corrected chi connectivity index (χ4v) is 2.58. The molecule has 1 aromatic carbocycles. The second-order valence-electron chi connectivity index (χ2n) is 7.02. The van der Waals surface area contributed by atoms with Crippen LogP contribution in [0.3, 0.4) is 0 Å². The summed E-state index contributed by atoms with van der Waals surface area (Å²) in [6.45, 7) is 5.87. The minimum Gasteiger partial charge on any atom is -0.345 e. The maximum Gasteiger partial charge on any atom is 0.243 e. The van der Waals surface area contributed by atoms with Crippen molar-refractivity contribution in [3.05, 3.63) is 29.8 Å². The van der Waals surface area contributed by atoms with Crippen molar-refractivity contribution >= 4 is 23.4 Å². The number of carbonyl (C=O) groups excluding carboxylic acids is 3. The van der Waals surface area contributed by atoms with Gasteiger partial charge in [0.15, 0.2) is 0 Å². The molecule has 1 aromatic rings. The van der Waals surface area contributed by atoms with E-state index >= 15 is 0 Å². The summed E-state index contributed by atoms with van der Waals surface area (Å²) in [5, 5.41) is 8.05. The molecule has 0 radical (unpaired) electrons. The molecule has 0 aromatic heterocycles. The molecular formula is C20H32N4O4. The van der Waals surface area contributed by atoms with Gasteiger partial charge in [-0.15, -0.1) is 0 Å². The second kappa shape index (κ2) is 12.9. The zero-order chi connectivity index (χ0) is 20.9. The molecule has 8 heteroatoms. The number of hydrogen-bond donors (Lipinski definition) is 4. The summed E-state index contributed by atoms with van der Waals surface area (Å²) in [5.74, 6) is 4.06. The van der Waals surface area contributed by atoms with Crippen LogP contribution in [0.15, 0.2) is 24.3 Å². The summed E-state index contributed by atoms with van der Waals surface area (Å²) >= 11 is 0. The molecule has 8 nitrogen and oxygen atoms in total. The Morgan fingerprint density at radius 3 is 2.32 bits per heavy atom. The normalized spacial score (nSPS) is 11.8. The first-order valence-electron chi connectivity index (χ1n) is 9.64. The fraction of sp³-hybridized carbons (Fsp3) is 0.550. The lowest BCUT2D eigenvalue weighted by Crippen LogP contribution is -2.51. The Morgan fingerprint density at radius 2 is 1.75 bits per heavy atom. The van der Waals surface area contributed by atoms with Crippen molar-refractivity contribution in [2.75, 3.05) is 11.9 Å². The van der Waals surface area contributed by atoms with Crippen molar-refractivity contribution in [2.24, 2.45) is 11.8 Å². The first kappa shape index (κ1) is 23.6. The Morgan fingerprint density at radius 1 is 1.07 bits per heavy atom. The topological polar surface area (TPSA) is 123 Å². The van der Waals surface area contributed by atoms with Crippen molar-refractivity contribution in [1.82, 2.24) is 10.6 Å². The van der Waals surface area contributed by atoms with E-state index in [2.05, 4.69) is 27.7 Å². The van der Waals surface area contributed by atoms with Crippen LogP contribution in [0.5, 0.6) is 0 Å². The molecule has 5 N–H and O–H groups in total. The number of nitrogens with one attached hydrogen (secondary N) is 3. The molecule has 0 aliphatic carbocycles. The summed E-state index contributed by atoms with van der Waals surface area (Å²) in [6, 6.07) is 6.34. The number of anilines is 1. The van der Waals surface area contributed by atoms with Crippen LogP contribution in [0.4, 0.5) is 5.69 Å². The third-order valence-corrected chi connectivity index (χ3v) is 4.18. The predicted molar refractivity (Wildman–Crippen MR) is 108 cm³/mol. The van der Waals surface area contributed by atoms with Gasteiger partial charge in [0.2, 0.25) is 17.7 Å². The van der Waals surface area contributed by atoms with E-state index in [1.165, 1.54) is 0 Å². The van der Waals surface area contributed by atoms with Crippen molar-refractivity contribution < 1.29 is 19.2 Å². The van der Waals surface area contributed by atoms with Gasteiger partial charge >= 0.3 is 0 Å². The highest BCUT2D eigenvalue weighted by atomic mass is 16.6. The van der Waals surface area contributed by atoms with Crippen LogP contribution < -0.4 is 21.8 Å². The van der Waals surface area contributed by atoms with Crippen LogP contribution in [0, 0.1) is 5.92 Å². The van der Waals surface area contributed by atoms with E-state index in [4.69, 9.17) is 5.90 Å². The molecule has 0 spiro atoms. The average molecular weight is 393 g/mol. The zero-order valence-electron chi connectivity index (χ0n) is 16.9. The highest BCUT2D eigenvalue weighted by molar-refractivity contribution is 5.96. The van der Waals surface area contributed by atoms with Crippen molar-refractivity contribution in [3.63, 3.8) is 0 Å². The third-order valence-electron chi connectivity index (χ3n) is 4.18. The van der Waals surface area contributed by atoms with E-state index in [0.29, 0.717) is 12.1 Å². The van der Waals surface area contributed by atoms with E-state index in [-0.39, 0.29) is 36.8 Å². The average Bonchev–Trinajstić information content (AvgIpc) is 2.66. The summed E-state index contributed by atoms with van der Waals surface area (Å²) in [7, 11) is 0. The van der Waals surface area contributed by atoms with Crippen molar-refractivity contribution in [2.45, 2.75) is 59.1 Å². The lowest BCUT2D eigenvalue weighted by atomic mass is 10.0. The Balaban J connectivity index is 2.47. The molecule has 0 aliphatic rings. The number of amides is 3. The zero-order valence-corrected chi connectivity index (χ0v) is 16.9. The lowest BCUT2D eigenvalue weighted by molar-refractivity contribution is -0.130. The van der Waals surface area contributed by atoms with Gasteiger partial charge in [-0.2, -0.15) is 0 Å². The van der Waals surface area contributed by atoms with Gasteiger partial charge in [-0.1, -0.05) is 45.7 Å². The molecule has 1 atom stereocenters. The second-order valence-corrected chi connectivity index (χ2v) is 7.02. The summed E-state index contributed by atoms with van der Waals surface area (Å²) in [6.07, 6.45) is 3.20. The molecule has 1 rings (SSSR count). The van der Waals surface area contributed by atoms with Gasteiger partial charge in [0.1, 0.15) is 6.04 Å². The quantitative estimate of drug-likeness (QED) is 0.319. The molecule has 0 heterocycles. The number of benzene rings is 1. The number of carbonyl (C=O) groups is 3. The molecule has 1 unspecified atom stereocenters. The molecule has 0 fully saturated rings. The Bertz CT molecular complexity index is 632. The minimum atomic E-state index is -0.669. The molecule has 156 valence electrons. The minimum absolute atomic E-state index is 0.0875. The van der Waals surface area contributed by atoms with Crippen molar-refractivity contribution in [3.8, 4) is 0 Å². The van der Waals surface area contributed by atoms with Crippen molar-refractivity contribution in [1.29, 1.82) is 0 Å². The predicted octanol–water partition coefficient (Wildman–Crippen LogP) is 1.85. The van der Waals surface area contributed by atoms with Gasteiger partial charge in [-0.05, 0) is 30.0 Å². The molecule has 0 saturated heterocycles. The highest BCUT2D eigenvalue weighted by Crippen LogP contribution is 2.10. The summed E-state index contributed by atoms with van der Waals surface area (Å²) in [5.41, 5.74) is 1.48. The molecule has 0 saturated carbocycles. The summed E-state index contributed by atoms with van der Waals surface area (Å²) in [4.78, 5) is 41.0. The van der Waals surface area contributed by atoms with E-state index in [1.54, 1.807) is 24.3 Å². The molecule has 3 amide bonds. The third kappa shape index (κ3) is 8.96. The van der Waals surface area contributed by atoms with Gasteiger partial charge in [0.05, 0.1) is 13.2 Å². The van der Waals surface area contributed by atoms with E-state index in [1.807, 2.05) is 13.8 Å². The largest absolute Gasteiger partial charge is 0.345 e.